The molecule has 34 heavy (non-hydrogen) atoms. The third-order valence-corrected chi connectivity index (χ3v) is 4.16. The van der Waals surface area contributed by atoms with Crippen LogP contribution in [0.1, 0.15) is 25.3 Å². The van der Waals surface area contributed by atoms with Gasteiger partial charge in [-0.25, -0.2) is 4.79 Å². The number of hydrogen-bond donors (Lipinski definition) is 1. The molecule has 0 atom stereocenters. The number of nitrogens with one attached hydrogen (secondary N) is 1. The van der Waals surface area contributed by atoms with Crippen molar-refractivity contribution in [2.24, 2.45) is 0 Å². The number of benzene rings is 1. The Morgan fingerprint density at radius 1 is 0.676 bits per heavy atom. The van der Waals surface area contributed by atoms with E-state index in [1.165, 1.54) is 0 Å². The van der Waals surface area contributed by atoms with Gasteiger partial charge in [0.2, 0.25) is 0 Å². The van der Waals surface area contributed by atoms with Crippen LogP contribution >= 0.6 is 0 Å². The van der Waals surface area contributed by atoms with Gasteiger partial charge >= 0.3 is 12.1 Å². The fourth-order valence-corrected chi connectivity index (χ4v) is 2.47. The van der Waals surface area contributed by atoms with Gasteiger partial charge in [-0.2, -0.15) is 0 Å². The van der Waals surface area contributed by atoms with Crippen LogP contribution < -0.4 is 5.32 Å². The number of ether oxygens (including phenoxy) is 7. The minimum Gasteiger partial charge on any atom is -0.463 e. The van der Waals surface area contributed by atoms with E-state index in [1.807, 2.05) is 37.3 Å². The second-order valence-corrected chi connectivity index (χ2v) is 7.02. The lowest BCUT2D eigenvalue weighted by Gasteiger charge is -2.09. The molecular weight excluding hydrogens is 446 g/mol. The summed E-state index contributed by atoms with van der Waals surface area (Å²) < 4.78 is 37.0. The van der Waals surface area contributed by atoms with Crippen LogP contribution in [0.25, 0.3) is 0 Å². The molecule has 0 aliphatic heterocycles. The third kappa shape index (κ3) is 19.2. The van der Waals surface area contributed by atoms with E-state index in [1.54, 1.807) is 0 Å². The molecule has 1 N–H and O–H groups in total. The smallest absolute Gasteiger partial charge is 0.407 e. The van der Waals surface area contributed by atoms with Crippen LogP contribution in [-0.2, 0) is 44.6 Å². The molecule has 1 amide bonds. The molecule has 0 spiro atoms. The zero-order valence-electron chi connectivity index (χ0n) is 20.2. The molecule has 0 heterocycles. The summed E-state index contributed by atoms with van der Waals surface area (Å²) in [4.78, 5) is 22.7. The van der Waals surface area contributed by atoms with Crippen LogP contribution in [0.15, 0.2) is 30.3 Å². The fraction of sp³-hybridized carbons (Fsp3) is 0.667. The Hall–Kier alpha value is -2.24. The van der Waals surface area contributed by atoms with Gasteiger partial charge in [0.25, 0.3) is 0 Å². The SMILES string of the molecule is CCCC(=O)OCCOCCOCCOCCOCCOCCNC(=O)OCc1ccccc1. The molecule has 1 rings (SSSR count). The fourth-order valence-electron chi connectivity index (χ4n) is 2.47. The monoisotopic (exact) mass is 485 g/mol. The highest BCUT2D eigenvalue weighted by Gasteiger charge is 2.02. The summed E-state index contributed by atoms with van der Waals surface area (Å²) in [5, 5.41) is 2.63. The molecule has 1 aromatic carbocycles. The van der Waals surface area contributed by atoms with Crippen molar-refractivity contribution >= 4 is 12.1 Å². The molecule has 0 radical (unpaired) electrons. The van der Waals surface area contributed by atoms with Gasteiger partial charge < -0.3 is 38.5 Å². The van der Waals surface area contributed by atoms with Gasteiger partial charge in [0.05, 0.1) is 66.1 Å². The number of amides is 1. The first kappa shape index (κ1) is 29.8. The highest BCUT2D eigenvalue weighted by molar-refractivity contribution is 5.69. The molecule has 10 heteroatoms. The van der Waals surface area contributed by atoms with Crippen LogP contribution in [0.4, 0.5) is 4.79 Å². The maximum atomic E-state index is 11.6. The molecular formula is C24H39NO9. The van der Waals surface area contributed by atoms with Crippen molar-refractivity contribution < 1.29 is 42.7 Å². The maximum absolute atomic E-state index is 11.6. The number of esters is 1. The molecule has 0 aliphatic rings. The zero-order valence-corrected chi connectivity index (χ0v) is 20.2. The van der Waals surface area contributed by atoms with E-state index in [0.717, 1.165) is 12.0 Å². The van der Waals surface area contributed by atoms with Gasteiger partial charge in [0, 0.05) is 13.0 Å². The molecule has 0 bridgehead atoms. The summed E-state index contributed by atoms with van der Waals surface area (Å²) >= 11 is 0. The average molecular weight is 486 g/mol. The minimum absolute atomic E-state index is 0.192. The van der Waals surface area contributed by atoms with Gasteiger partial charge in [-0.3, -0.25) is 4.79 Å². The number of rotatable bonds is 22. The number of hydrogen-bond acceptors (Lipinski definition) is 9. The lowest BCUT2D eigenvalue weighted by molar-refractivity contribution is -0.145. The van der Waals surface area contributed by atoms with Gasteiger partial charge in [0.15, 0.2) is 0 Å². The summed E-state index contributed by atoms with van der Waals surface area (Å²) in [6, 6.07) is 9.49. The van der Waals surface area contributed by atoms with Crippen molar-refractivity contribution in [2.75, 3.05) is 79.2 Å². The first-order valence-corrected chi connectivity index (χ1v) is 11.7. The predicted octanol–water partition coefficient (Wildman–Crippen LogP) is 2.34. The maximum Gasteiger partial charge on any atom is 0.407 e. The second-order valence-electron chi connectivity index (χ2n) is 7.02. The van der Waals surface area contributed by atoms with Crippen LogP contribution in [0.3, 0.4) is 0 Å². The molecule has 194 valence electrons. The normalized spacial score (nSPS) is 10.7. The summed E-state index contributed by atoms with van der Waals surface area (Å²) in [6.07, 6.45) is 0.753. The Kier molecular flexibility index (Phi) is 19.8. The number of alkyl carbamates (subject to hydrolysis) is 1. The summed E-state index contributed by atoms with van der Waals surface area (Å²) in [5.74, 6) is -0.192. The second kappa shape index (κ2) is 22.5. The van der Waals surface area contributed by atoms with Crippen LogP contribution in [0, 0.1) is 0 Å². The molecule has 0 fully saturated rings. The third-order valence-electron chi connectivity index (χ3n) is 4.16. The van der Waals surface area contributed by atoms with Crippen LogP contribution in [0.5, 0.6) is 0 Å². The summed E-state index contributed by atoms with van der Waals surface area (Å²) in [7, 11) is 0. The highest BCUT2D eigenvalue weighted by atomic mass is 16.6. The van der Waals surface area contributed by atoms with Gasteiger partial charge in [-0.05, 0) is 12.0 Å². The van der Waals surface area contributed by atoms with Crippen molar-refractivity contribution in [1.82, 2.24) is 5.32 Å². The first-order valence-electron chi connectivity index (χ1n) is 11.7. The quantitative estimate of drug-likeness (QED) is 0.195. The van der Waals surface area contributed by atoms with Crippen molar-refractivity contribution in [3.8, 4) is 0 Å². The standard InChI is InChI=1S/C24H39NO9/c1-2-6-23(26)33-20-19-32-18-17-31-16-15-30-14-13-29-12-11-28-10-9-25-24(27)34-21-22-7-4-3-5-8-22/h3-5,7-8H,2,6,9-21H2,1H3,(H,25,27). The van der Waals surface area contributed by atoms with Gasteiger partial charge in [0.1, 0.15) is 13.2 Å². The molecule has 10 nitrogen and oxygen atoms in total. The Morgan fingerprint density at radius 3 is 1.71 bits per heavy atom. The Bertz CT molecular complexity index is 616. The van der Waals surface area contributed by atoms with Crippen molar-refractivity contribution in [2.45, 2.75) is 26.4 Å². The molecule has 0 aromatic heterocycles. The van der Waals surface area contributed by atoms with E-state index in [0.29, 0.717) is 79.0 Å². The molecule has 0 saturated carbocycles. The van der Waals surface area contributed by atoms with E-state index in [9.17, 15) is 9.59 Å². The lowest BCUT2D eigenvalue weighted by atomic mass is 10.2. The Balaban J connectivity index is 1.72. The highest BCUT2D eigenvalue weighted by Crippen LogP contribution is 2.00. The number of carbonyl (C=O) groups is 2. The zero-order chi connectivity index (χ0) is 24.5. The van der Waals surface area contributed by atoms with Crippen molar-refractivity contribution in [3.63, 3.8) is 0 Å². The Labute approximate surface area is 202 Å². The van der Waals surface area contributed by atoms with Crippen LogP contribution in [-0.4, -0.2) is 91.3 Å². The largest absolute Gasteiger partial charge is 0.463 e. The van der Waals surface area contributed by atoms with E-state index >= 15 is 0 Å². The van der Waals surface area contributed by atoms with E-state index in [-0.39, 0.29) is 19.2 Å². The molecule has 1 aromatic rings. The minimum atomic E-state index is -0.470. The molecule has 0 unspecified atom stereocenters. The van der Waals surface area contributed by atoms with Crippen LogP contribution in [0.2, 0.25) is 0 Å². The van der Waals surface area contributed by atoms with E-state index < -0.39 is 6.09 Å². The molecule has 0 aliphatic carbocycles. The summed E-state index contributed by atoms with van der Waals surface area (Å²) in [6.45, 7) is 7.22. The predicted molar refractivity (Wildman–Crippen MR) is 125 cm³/mol. The first-order chi connectivity index (χ1) is 16.7. The number of carbonyl (C=O) groups excluding carboxylic acids is 2. The van der Waals surface area contributed by atoms with E-state index in [2.05, 4.69) is 5.32 Å². The Morgan fingerprint density at radius 2 is 1.18 bits per heavy atom. The van der Waals surface area contributed by atoms with E-state index in [4.69, 9.17) is 33.2 Å². The summed E-state index contributed by atoms with van der Waals surface area (Å²) in [5.41, 5.74) is 0.937. The van der Waals surface area contributed by atoms with Crippen molar-refractivity contribution in [3.05, 3.63) is 35.9 Å². The molecule has 0 saturated heterocycles. The van der Waals surface area contributed by atoms with Gasteiger partial charge in [-0.15, -0.1) is 0 Å². The topological polar surface area (TPSA) is 111 Å². The lowest BCUT2D eigenvalue weighted by Crippen LogP contribution is -2.28. The van der Waals surface area contributed by atoms with Gasteiger partial charge in [-0.1, -0.05) is 37.3 Å². The average Bonchev–Trinajstić information content (AvgIpc) is 2.85. The van der Waals surface area contributed by atoms with Crippen molar-refractivity contribution in [1.29, 1.82) is 0 Å².